The zero-order chi connectivity index (χ0) is 11.6. The second-order valence-electron chi connectivity index (χ2n) is 5.47. The fraction of sp³-hybridized carbons (Fsp3) is 0.917. The molecular formula is C12H21NO3. The molecule has 0 aromatic heterocycles. The zero-order valence-electron chi connectivity index (χ0n) is 9.89. The summed E-state index contributed by atoms with van der Waals surface area (Å²) in [5, 5.41) is 9.22. The van der Waals surface area contributed by atoms with E-state index in [4.69, 9.17) is 4.74 Å². The van der Waals surface area contributed by atoms with Crippen molar-refractivity contribution in [2.45, 2.75) is 25.4 Å². The van der Waals surface area contributed by atoms with E-state index >= 15 is 0 Å². The van der Waals surface area contributed by atoms with Crippen LogP contribution in [-0.2, 0) is 9.53 Å². The van der Waals surface area contributed by atoms with Gasteiger partial charge in [0.05, 0.1) is 18.1 Å². The van der Waals surface area contributed by atoms with Crippen LogP contribution in [0.25, 0.3) is 0 Å². The molecule has 1 aliphatic carbocycles. The number of carbonyl (C=O) groups excluding carboxylic acids is 1. The van der Waals surface area contributed by atoms with Crippen LogP contribution in [0.15, 0.2) is 0 Å². The van der Waals surface area contributed by atoms with Gasteiger partial charge in [0.25, 0.3) is 0 Å². The molecule has 1 aliphatic heterocycles. The lowest BCUT2D eigenvalue weighted by molar-refractivity contribution is -0.117. The summed E-state index contributed by atoms with van der Waals surface area (Å²) in [5.74, 6) is 0.603. The molecule has 2 fully saturated rings. The molecule has 1 N–H and O–H groups in total. The standard InChI is InChI=1S/C12H21NO3/c1-13(6-10-4-11(15)5-10)7-12(8-14)2-3-16-9-12/h8,10-11,15H,2-7,9H2,1H3. The summed E-state index contributed by atoms with van der Waals surface area (Å²) in [4.78, 5) is 13.3. The first kappa shape index (κ1) is 12.0. The van der Waals surface area contributed by atoms with Crippen molar-refractivity contribution in [2.75, 3.05) is 33.4 Å². The molecule has 16 heavy (non-hydrogen) atoms. The van der Waals surface area contributed by atoms with Crippen LogP contribution in [0.3, 0.4) is 0 Å². The summed E-state index contributed by atoms with van der Waals surface area (Å²) in [6.07, 6.45) is 3.64. The van der Waals surface area contributed by atoms with Crippen LogP contribution in [0.5, 0.6) is 0 Å². The van der Waals surface area contributed by atoms with Crippen molar-refractivity contribution in [2.24, 2.45) is 11.3 Å². The Bertz CT molecular complexity index is 245. The number of aliphatic hydroxyl groups is 1. The van der Waals surface area contributed by atoms with Crippen molar-refractivity contribution < 1.29 is 14.6 Å². The lowest BCUT2D eigenvalue weighted by Gasteiger charge is -2.36. The summed E-state index contributed by atoms with van der Waals surface area (Å²) in [6.45, 7) is 3.03. The van der Waals surface area contributed by atoms with Crippen LogP contribution in [-0.4, -0.2) is 55.7 Å². The van der Waals surface area contributed by atoms with Crippen molar-refractivity contribution in [1.29, 1.82) is 0 Å². The zero-order valence-corrected chi connectivity index (χ0v) is 9.89. The minimum atomic E-state index is -0.281. The van der Waals surface area contributed by atoms with Gasteiger partial charge < -0.3 is 19.5 Å². The Kier molecular flexibility index (Phi) is 3.62. The third-order valence-electron chi connectivity index (χ3n) is 3.75. The monoisotopic (exact) mass is 227 g/mol. The van der Waals surface area contributed by atoms with Crippen LogP contribution in [0.1, 0.15) is 19.3 Å². The first-order valence-electron chi connectivity index (χ1n) is 6.04. The quantitative estimate of drug-likeness (QED) is 0.686. The van der Waals surface area contributed by atoms with Gasteiger partial charge in [0, 0.05) is 19.7 Å². The highest BCUT2D eigenvalue weighted by Crippen LogP contribution is 2.30. The Labute approximate surface area is 96.6 Å². The van der Waals surface area contributed by atoms with Crippen LogP contribution >= 0.6 is 0 Å². The average molecular weight is 227 g/mol. The molecule has 4 nitrogen and oxygen atoms in total. The van der Waals surface area contributed by atoms with Gasteiger partial charge >= 0.3 is 0 Å². The maximum absolute atomic E-state index is 11.1. The number of hydrogen-bond donors (Lipinski definition) is 1. The molecule has 1 unspecified atom stereocenters. The van der Waals surface area contributed by atoms with E-state index in [1.54, 1.807) is 0 Å². The number of aliphatic hydroxyl groups excluding tert-OH is 1. The van der Waals surface area contributed by atoms with Gasteiger partial charge in [0.2, 0.25) is 0 Å². The summed E-state index contributed by atoms with van der Waals surface area (Å²) in [7, 11) is 2.05. The molecule has 92 valence electrons. The van der Waals surface area contributed by atoms with Gasteiger partial charge in [-0.15, -0.1) is 0 Å². The topological polar surface area (TPSA) is 49.8 Å². The molecule has 0 spiro atoms. The minimum absolute atomic E-state index is 0.0896. The SMILES string of the molecule is CN(CC1CC(O)C1)CC1(C=O)CCOC1. The molecule has 1 saturated carbocycles. The molecule has 1 saturated heterocycles. The molecule has 1 atom stereocenters. The Morgan fingerprint density at radius 3 is 2.81 bits per heavy atom. The van der Waals surface area contributed by atoms with Crippen LogP contribution in [0.2, 0.25) is 0 Å². The lowest BCUT2D eigenvalue weighted by atomic mass is 9.81. The molecule has 1 heterocycles. The molecular weight excluding hydrogens is 206 g/mol. The molecule has 2 rings (SSSR count). The fourth-order valence-corrected chi connectivity index (χ4v) is 2.77. The largest absolute Gasteiger partial charge is 0.393 e. The number of carbonyl (C=O) groups is 1. The van der Waals surface area contributed by atoms with E-state index in [-0.39, 0.29) is 11.5 Å². The summed E-state index contributed by atoms with van der Waals surface area (Å²) >= 11 is 0. The highest BCUT2D eigenvalue weighted by molar-refractivity contribution is 5.60. The van der Waals surface area contributed by atoms with Gasteiger partial charge in [-0.3, -0.25) is 0 Å². The smallest absolute Gasteiger partial charge is 0.129 e. The minimum Gasteiger partial charge on any atom is -0.393 e. The second kappa shape index (κ2) is 4.82. The number of nitrogens with zero attached hydrogens (tertiary/aromatic N) is 1. The first-order valence-corrected chi connectivity index (χ1v) is 6.04. The third kappa shape index (κ3) is 2.62. The maximum atomic E-state index is 11.1. The Balaban J connectivity index is 1.77. The van der Waals surface area contributed by atoms with E-state index < -0.39 is 0 Å². The first-order chi connectivity index (χ1) is 7.63. The predicted molar refractivity (Wildman–Crippen MR) is 60.2 cm³/mol. The highest BCUT2D eigenvalue weighted by Gasteiger charge is 2.37. The van der Waals surface area contributed by atoms with Crippen molar-refractivity contribution in [3.05, 3.63) is 0 Å². The van der Waals surface area contributed by atoms with E-state index in [1.807, 2.05) is 7.05 Å². The average Bonchev–Trinajstić information content (AvgIpc) is 2.65. The van der Waals surface area contributed by atoms with Gasteiger partial charge in [-0.25, -0.2) is 0 Å². The van der Waals surface area contributed by atoms with Crippen molar-refractivity contribution in [3.63, 3.8) is 0 Å². The second-order valence-corrected chi connectivity index (χ2v) is 5.47. The Hall–Kier alpha value is -0.450. The van der Waals surface area contributed by atoms with Crippen LogP contribution < -0.4 is 0 Å². The molecule has 4 heteroatoms. The number of hydrogen-bond acceptors (Lipinski definition) is 4. The van der Waals surface area contributed by atoms with E-state index in [0.29, 0.717) is 19.1 Å². The van der Waals surface area contributed by atoms with Gasteiger partial charge in [0.1, 0.15) is 6.29 Å². The Morgan fingerprint density at radius 2 is 2.31 bits per heavy atom. The molecule has 0 aromatic rings. The van der Waals surface area contributed by atoms with E-state index in [0.717, 1.165) is 38.6 Å². The van der Waals surface area contributed by atoms with Gasteiger partial charge in [-0.1, -0.05) is 0 Å². The maximum Gasteiger partial charge on any atom is 0.129 e. The van der Waals surface area contributed by atoms with Crippen LogP contribution in [0.4, 0.5) is 0 Å². The van der Waals surface area contributed by atoms with Crippen LogP contribution in [0, 0.1) is 11.3 Å². The predicted octanol–water partition coefficient (Wildman–Crippen LogP) is 0.295. The molecule has 0 amide bonds. The highest BCUT2D eigenvalue weighted by atomic mass is 16.5. The lowest BCUT2D eigenvalue weighted by Crippen LogP contribution is -2.43. The summed E-state index contributed by atoms with van der Waals surface area (Å²) < 4.78 is 5.32. The summed E-state index contributed by atoms with van der Waals surface area (Å²) in [5.41, 5.74) is -0.281. The fourth-order valence-electron chi connectivity index (χ4n) is 2.77. The van der Waals surface area contributed by atoms with Gasteiger partial charge in [-0.2, -0.15) is 0 Å². The summed E-state index contributed by atoms with van der Waals surface area (Å²) in [6, 6.07) is 0. The van der Waals surface area contributed by atoms with Gasteiger partial charge in [-0.05, 0) is 32.2 Å². The van der Waals surface area contributed by atoms with E-state index in [1.165, 1.54) is 0 Å². The molecule has 2 aliphatic rings. The van der Waals surface area contributed by atoms with Crippen molar-refractivity contribution in [1.82, 2.24) is 4.90 Å². The number of aldehydes is 1. The number of ether oxygens (including phenoxy) is 1. The number of rotatable bonds is 5. The normalized spacial score (nSPS) is 38.7. The van der Waals surface area contributed by atoms with Gasteiger partial charge in [0.15, 0.2) is 0 Å². The Morgan fingerprint density at radius 1 is 1.56 bits per heavy atom. The molecule has 0 bridgehead atoms. The molecule has 0 radical (unpaired) electrons. The van der Waals surface area contributed by atoms with E-state index in [9.17, 15) is 9.90 Å². The van der Waals surface area contributed by atoms with Crippen molar-refractivity contribution >= 4 is 6.29 Å². The molecule has 0 aromatic carbocycles. The van der Waals surface area contributed by atoms with E-state index in [2.05, 4.69) is 4.90 Å². The van der Waals surface area contributed by atoms with Crippen molar-refractivity contribution in [3.8, 4) is 0 Å². The third-order valence-corrected chi connectivity index (χ3v) is 3.75.